The third-order valence-electron chi connectivity index (χ3n) is 3.17. The van der Waals surface area contributed by atoms with Crippen molar-refractivity contribution >= 4 is 22.8 Å². The van der Waals surface area contributed by atoms with Gasteiger partial charge in [0, 0.05) is 19.5 Å². The Hall–Kier alpha value is -2.96. The summed E-state index contributed by atoms with van der Waals surface area (Å²) in [5.41, 5.74) is 1.71. The van der Waals surface area contributed by atoms with Gasteiger partial charge in [0.15, 0.2) is 11.5 Å². The summed E-state index contributed by atoms with van der Waals surface area (Å²) in [6.45, 7) is 1.40. The normalized spacial score (nSPS) is 11.0. The van der Waals surface area contributed by atoms with E-state index in [2.05, 4.69) is 10.3 Å². The van der Waals surface area contributed by atoms with Crippen LogP contribution >= 0.6 is 0 Å². The van der Waals surface area contributed by atoms with E-state index in [-0.39, 0.29) is 17.1 Å². The highest BCUT2D eigenvalue weighted by atomic mass is 16.4. The predicted molar refractivity (Wildman–Crippen MR) is 73.2 cm³/mol. The van der Waals surface area contributed by atoms with Crippen LogP contribution in [0.2, 0.25) is 0 Å². The lowest BCUT2D eigenvalue weighted by molar-refractivity contribution is 0.0696. The van der Waals surface area contributed by atoms with Crippen molar-refractivity contribution in [3.8, 4) is 11.3 Å². The maximum atomic E-state index is 11.3. The second-order valence-electron chi connectivity index (χ2n) is 4.63. The highest BCUT2D eigenvalue weighted by Crippen LogP contribution is 2.30. The van der Waals surface area contributed by atoms with Crippen LogP contribution in [0.4, 0.5) is 0 Å². The molecular weight excluding hydrogens is 274 g/mol. The van der Waals surface area contributed by atoms with Crippen molar-refractivity contribution in [1.29, 1.82) is 0 Å². The largest absolute Gasteiger partial charge is 0.478 e. The van der Waals surface area contributed by atoms with Gasteiger partial charge in [-0.05, 0) is 24.3 Å². The van der Waals surface area contributed by atoms with Gasteiger partial charge in [0.05, 0.1) is 11.1 Å². The van der Waals surface area contributed by atoms with Gasteiger partial charge in [-0.15, -0.1) is 5.10 Å². The fourth-order valence-corrected chi connectivity index (χ4v) is 2.18. The molecule has 0 spiro atoms. The first-order chi connectivity index (χ1) is 9.97. The Labute approximate surface area is 118 Å². The monoisotopic (exact) mass is 285 g/mol. The van der Waals surface area contributed by atoms with Crippen molar-refractivity contribution in [3.05, 3.63) is 35.6 Å². The minimum atomic E-state index is -1.07. The second kappa shape index (κ2) is 4.55. The summed E-state index contributed by atoms with van der Waals surface area (Å²) in [7, 11) is 1.70. The predicted octanol–water partition coefficient (Wildman–Crippen LogP) is 2.13. The molecule has 0 fully saturated rings. The van der Waals surface area contributed by atoms with E-state index >= 15 is 0 Å². The topological polar surface area (TPSA) is 98.2 Å². The summed E-state index contributed by atoms with van der Waals surface area (Å²) in [5, 5.41) is 17.0. The molecule has 0 saturated heterocycles. The Morgan fingerprint density at radius 3 is 2.67 bits per heavy atom. The third-order valence-corrected chi connectivity index (χ3v) is 3.17. The van der Waals surface area contributed by atoms with Crippen LogP contribution in [0.3, 0.4) is 0 Å². The molecule has 1 aromatic carbocycles. The smallest absolute Gasteiger partial charge is 0.335 e. The number of carbonyl (C=O) groups is 2. The van der Waals surface area contributed by atoms with E-state index in [0.29, 0.717) is 22.4 Å². The Kier molecular flexibility index (Phi) is 2.83. The molecule has 0 radical (unpaired) electrons. The van der Waals surface area contributed by atoms with Crippen LogP contribution < -0.4 is 0 Å². The Balaban J connectivity index is 2.30. The number of ketones is 1. The zero-order valence-corrected chi connectivity index (χ0v) is 11.3. The lowest BCUT2D eigenvalue weighted by Crippen LogP contribution is -1.98. The summed E-state index contributed by atoms with van der Waals surface area (Å²) < 4.78 is 7.02. The average molecular weight is 285 g/mol. The van der Waals surface area contributed by atoms with Crippen LogP contribution in [0.1, 0.15) is 27.8 Å². The van der Waals surface area contributed by atoms with Gasteiger partial charge in [-0.3, -0.25) is 4.79 Å². The van der Waals surface area contributed by atoms with Gasteiger partial charge >= 0.3 is 5.97 Å². The van der Waals surface area contributed by atoms with Crippen LogP contribution in [0.25, 0.3) is 22.4 Å². The average Bonchev–Trinajstić information content (AvgIpc) is 3.05. The van der Waals surface area contributed by atoms with Gasteiger partial charge in [-0.1, -0.05) is 5.21 Å². The fourth-order valence-electron chi connectivity index (χ4n) is 2.18. The van der Waals surface area contributed by atoms with E-state index < -0.39 is 5.97 Å². The number of hydrogen-bond donors (Lipinski definition) is 1. The fraction of sp³-hybridized carbons (Fsp3) is 0.143. The van der Waals surface area contributed by atoms with E-state index in [0.717, 1.165) is 0 Å². The van der Waals surface area contributed by atoms with Crippen molar-refractivity contribution in [1.82, 2.24) is 15.0 Å². The minimum absolute atomic E-state index is 0.0822. The first-order valence-corrected chi connectivity index (χ1v) is 6.15. The molecule has 3 rings (SSSR count). The molecule has 0 bridgehead atoms. The molecule has 21 heavy (non-hydrogen) atoms. The number of furan rings is 1. The molecule has 0 unspecified atom stereocenters. The highest BCUT2D eigenvalue weighted by molar-refractivity contribution is 5.99. The lowest BCUT2D eigenvalue weighted by atomic mass is 10.1. The van der Waals surface area contributed by atoms with Gasteiger partial charge in [0.25, 0.3) is 0 Å². The number of nitrogens with zero attached hydrogens (tertiary/aromatic N) is 3. The molecule has 7 nitrogen and oxygen atoms in total. The number of carboxylic acids is 1. The van der Waals surface area contributed by atoms with Gasteiger partial charge in [0.2, 0.25) is 0 Å². The first-order valence-electron chi connectivity index (χ1n) is 6.15. The van der Waals surface area contributed by atoms with E-state index in [9.17, 15) is 14.7 Å². The van der Waals surface area contributed by atoms with Crippen LogP contribution in [-0.4, -0.2) is 31.9 Å². The molecule has 2 heterocycles. The van der Waals surface area contributed by atoms with Gasteiger partial charge in [-0.25, -0.2) is 9.48 Å². The molecule has 0 aliphatic heterocycles. The maximum absolute atomic E-state index is 11.3. The molecule has 3 aromatic rings. The zero-order chi connectivity index (χ0) is 15.1. The van der Waals surface area contributed by atoms with Crippen molar-refractivity contribution in [3.63, 3.8) is 0 Å². The summed E-state index contributed by atoms with van der Waals surface area (Å²) in [4.78, 5) is 22.5. The summed E-state index contributed by atoms with van der Waals surface area (Å²) in [5.74, 6) is -0.648. The molecule has 7 heteroatoms. The van der Waals surface area contributed by atoms with E-state index in [1.165, 1.54) is 23.7 Å². The highest BCUT2D eigenvalue weighted by Gasteiger charge is 2.18. The maximum Gasteiger partial charge on any atom is 0.335 e. The van der Waals surface area contributed by atoms with Crippen molar-refractivity contribution < 1.29 is 19.1 Å². The SMILES string of the molecule is CC(=O)c1ccc(-c2cc(C(=O)O)cc3nnn(C)c23)o1. The van der Waals surface area contributed by atoms with Crippen LogP contribution in [-0.2, 0) is 7.05 Å². The number of Topliss-reactive ketones (excluding diaryl/α,β-unsaturated/α-hetero) is 1. The molecule has 0 aliphatic rings. The van der Waals surface area contributed by atoms with E-state index in [1.807, 2.05) is 0 Å². The number of aryl methyl sites for hydroxylation is 1. The number of hydrogen-bond acceptors (Lipinski definition) is 5. The molecule has 0 saturated carbocycles. The number of benzene rings is 1. The van der Waals surface area contributed by atoms with E-state index in [1.54, 1.807) is 19.2 Å². The van der Waals surface area contributed by atoms with Gasteiger partial charge < -0.3 is 9.52 Å². The standard InChI is InChI=1S/C14H11N3O4/c1-7(18)11-3-4-12(21-11)9-5-8(14(19)20)6-10-13(9)17(2)16-15-10/h3-6H,1-2H3,(H,19,20). The van der Waals surface area contributed by atoms with Crippen LogP contribution in [0.5, 0.6) is 0 Å². The number of carboxylic acid groups (broad SMARTS) is 1. The van der Waals surface area contributed by atoms with Crippen LogP contribution in [0, 0.1) is 0 Å². The Bertz CT molecular complexity index is 876. The molecule has 0 atom stereocenters. The first kappa shape index (κ1) is 13.0. The number of rotatable bonds is 3. The van der Waals surface area contributed by atoms with Crippen molar-refractivity contribution in [2.45, 2.75) is 6.92 Å². The van der Waals surface area contributed by atoms with E-state index in [4.69, 9.17) is 4.42 Å². The molecule has 0 aliphatic carbocycles. The Morgan fingerprint density at radius 2 is 2.05 bits per heavy atom. The summed E-state index contributed by atoms with van der Waals surface area (Å²) in [6.07, 6.45) is 0. The Morgan fingerprint density at radius 1 is 1.29 bits per heavy atom. The van der Waals surface area contributed by atoms with Gasteiger partial charge in [-0.2, -0.15) is 0 Å². The lowest BCUT2D eigenvalue weighted by Gasteiger charge is -2.03. The molecule has 106 valence electrons. The van der Waals surface area contributed by atoms with Crippen molar-refractivity contribution in [2.75, 3.05) is 0 Å². The number of carbonyl (C=O) groups excluding carboxylic acids is 1. The zero-order valence-electron chi connectivity index (χ0n) is 11.3. The summed E-state index contributed by atoms with van der Waals surface area (Å²) in [6, 6.07) is 6.12. The third kappa shape index (κ3) is 2.08. The number of aromatic nitrogens is 3. The second-order valence-corrected chi connectivity index (χ2v) is 4.63. The molecule has 2 aromatic heterocycles. The molecule has 1 N–H and O–H groups in total. The summed E-state index contributed by atoms with van der Waals surface area (Å²) >= 11 is 0. The minimum Gasteiger partial charge on any atom is -0.478 e. The molecular formula is C14H11N3O4. The van der Waals surface area contributed by atoms with Crippen molar-refractivity contribution in [2.24, 2.45) is 7.05 Å². The quantitative estimate of drug-likeness (QED) is 0.740. The molecule has 0 amide bonds. The number of fused-ring (bicyclic) bond motifs is 1. The van der Waals surface area contributed by atoms with Gasteiger partial charge in [0.1, 0.15) is 11.3 Å². The van der Waals surface area contributed by atoms with Crippen LogP contribution in [0.15, 0.2) is 28.7 Å². The number of aromatic carboxylic acids is 1.